The quantitative estimate of drug-likeness (QED) is 0.367. The number of hydrogen-bond donors (Lipinski definition) is 0. The molecule has 0 spiro atoms. The Bertz CT molecular complexity index is 116. The summed E-state index contributed by atoms with van der Waals surface area (Å²) >= 11 is 7.38. The van der Waals surface area contributed by atoms with Crippen LogP contribution in [0.3, 0.4) is 0 Å². The molecule has 0 rings (SSSR count). The van der Waals surface area contributed by atoms with Crippen LogP contribution in [0.25, 0.3) is 5.32 Å². The van der Waals surface area contributed by atoms with E-state index < -0.39 is 0 Å². The van der Waals surface area contributed by atoms with Crippen molar-refractivity contribution in [3.63, 3.8) is 0 Å². The van der Waals surface area contributed by atoms with E-state index in [4.69, 9.17) is 16.1 Å². The fourth-order valence-corrected chi connectivity index (χ4v) is 1.64. The molecular formula is C9H19N2OS2Tc+. The second-order valence-electron chi connectivity index (χ2n) is 2.83. The van der Waals surface area contributed by atoms with Crippen LogP contribution in [0.1, 0.15) is 13.3 Å². The zero-order chi connectivity index (χ0) is 11.9. The van der Waals surface area contributed by atoms with Gasteiger partial charge in [0.15, 0.2) is 0 Å². The van der Waals surface area contributed by atoms with Gasteiger partial charge in [0.05, 0.1) is 0 Å². The van der Waals surface area contributed by atoms with Gasteiger partial charge in [-0.25, -0.2) is 0 Å². The molecule has 0 aliphatic rings. The van der Waals surface area contributed by atoms with E-state index in [1.54, 1.807) is 0 Å². The van der Waals surface area contributed by atoms with Crippen LogP contribution in [-0.4, -0.2) is 42.7 Å². The van der Waals surface area contributed by atoms with Crippen LogP contribution in [0.5, 0.6) is 0 Å². The number of thioether (sulfide) groups is 1. The van der Waals surface area contributed by atoms with Gasteiger partial charge in [0.25, 0.3) is 0 Å². The summed E-state index contributed by atoms with van der Waals surface area (Å²) < 4.78 is 8.22. The van der Waals surface area contributed by atoms with E-state index in [1.165, 1.54) is 18.2 Å². The van der Waals surface area contributed by atoms with Gasteiger partial charge < -0.3 is 34.6 Å². The topological polar surface area (TPSA) is 34.4 Å². The second-order valence-corrected chi connectivity index (χ2v) is 3.90. The summed E-state index contributed by atoms with van der Waals surface area (Å²) in [5.74, 6) is 1.64. The van der Waals surface area contributed by atoms with E-state index in [0.717, 1.165) is 56.7 Å². The first kappa shape index (κ1) is 18.4. The summed E-state index contributed by atoms with van der Waals surface area (Å²) in [5.41, 5.74) is 0. The molecule has 0 aromatic heterocycles. The molecule has 0 aliphatic carbocycles. The molecule has 0 aromatic rings. The van der Waals surface area contributed by atoms with E-state index >= 15 is 0 Å². The van der Waals surface area contributed by atoms with Gasteiger partial charge in [-0.1, -0.05) is 6.92 Å². The molecule has 0 N–H and O–H groups in total. The van der Waals surface area contributed by atoms with Crippen LogP contribution in [-0.2, 0) is 35.0 Å². The first-order valence-electron chi connectivity index (χ1n) is 4.81. The van der Waals surface area contributed by atoms with E-state index in [-0.39, 0.29) is 0 Å². The number of rotatable bonds is 9. The summed E-state index contributed by atoms with van der Waals surface area (Å²) in [4.78, 5) is 2.38. The summed E-state index contributed by atoms with van der Waals surface area (Å²) in [6, 6.07) is 0. The Balaban J connectivity index is 0. The predicted octanol–water partition coefficient (Wildman–Crippen LogP) is 1.98. The Morgan fingerprint density at radius 2 is 2.07 bits per heavy atom. The molecule has 0 fully saturated rings. The van der Waals surface area contributed by atoms with Crippen molar-refractivity contribution in [2.24, 2.45) is 0 Å². The monoisotopic (exact) mass is 332 g/mol. The minimum atomic E-state index is 0.813. The maximum absolute atomic E-state index is 8.22. The van der Waals surface area contributed by atoms with Gasteiger partial charge in [-0.3, -0.25) is 6.26 Å². The Labute approximate surface area is 114 Å². The van der Waals surface area contributed by atoms with E-state index in [1.807, 2.05) is 0 Å². The molecule has 89 valence electrons. The maximum atomic E-state index is 8.22. The molecule has 0 amide bonds. The van der Waals surface area contributed by atoms with Crippen LogP contribution in [0.4, 0.5) is 0 Å². The SMILES string of the molecule is [CH2-]SC[N-]CCN(CCC)CC[S-].[O]=[Tc+4]. The molecule has 0 atom stereocenters. The molecule has 3 nitrogen and oxygen atoms in total. The van der Waals surface area contributed by atoms with Crippen molar-refractivity contribution in [3.05, 3.63) is 11.6 Å². The Kier molecular flexibility index (Phi) is 21.5. The van der Waals surface area contributed by atoms with Crippen molar-refractivity contribution in [2.75, 3.05) is 37.8 Å². The molecule has 6 heteroatoms. The molecule has 0 unspecified atom stereocenters. The van der Waals surface area contributed by atoms with E-state index in [9.17, 15) is 0 Å². The Morgan fingerprint density at radius 3 is 2.53 bits per heavy atom. The van der Waals surface area contributed by atoms with Crippen molar-refractivity contribution in [1.29, 1.82) is 0 Å². The van der Waals surface area contributed by atoms with Gasteiger partial charge in [0.2, 0.25) is 0 Å². The predicted molar refractivity (Wildman–Crippen MR) is 65.7 cm³/mol. The van der Waals surface area contributed by atoms with Gasteiger partial charge >= 0.3 is 22.4 Å². The van der Waals surface area contributed by atoms with Crippen molar-refractivity contribution in [3.8, 4) is 0 Å². The Hall–Kier alpha value is 1.07. The van der Waals surface area contributed by atoms with Crippen LogP contribution in [0.15, 0.2) is 0 Å². The number of hydrogen-bond acceptors (Lipinski definition) is 4. The summed E-state index contributed by atoms with van der Waals surface area (Å²) in [7, 11) is 0. The summed E-state index contributed by atoms with van der Waals surface area (Å²) in [5, 5.41) is 4.32. The molecule has 0 bridgehead atoms. The molecule has 0 saturated heterocycles. The van der Waals surface area contributed by atoms with Crippen LogP contribution < -0.4 is 0 Å². The normalized spacial score (nSPS) is 10.0. The first-order valence-corrected chi connectivity index (χ1v) is 7.30. The zero-order valence-electron chi connectivity index (χ0n) is 9.15. The fraction of sp³-hybridized carbons (Fsp3) is 0.889. The van der Waals surface area contributed by atoms with E-state index in [2.05, 4.69) is 23.4 Å². The zero-order valence-corrected chi connectivity index (χ0v) is 12.6. The molecule has 15 heavy (non-hydrogen) atoms. The molecule has 0 aliphatic heterocycles. The summed E-state index contributed by atoms with van der Waals surface area (Å²) in [6.45, 7) is 6.32. The Morgan fingerprint density at radius 1 is 1.40 bits per heavy atom. The van der Waals surface area contributed by atoms with Gasteiger partial charge in [-0.05, 0) is 26.1 Å². The van der Waals surface area contributed by atoms with Crippen molar-refractivity contribution >= 4 is 24.4 Å². The fourth-order valence-electron chi connectivity index (χ4n) is 1.12. The van der Waals surface area contributed by atoms with Crippen LogP contribution in [0, 0.1) is 6.26 Å². The van der Waals surface area contributed by atoms with Gasteiger partial charge in [-0.15, -0.1) is 12.4 Å². The molecule has 0 aromatic carbocycles. The second kappa shape index (κ2) is 17.5. The third-order valence-corrected chi connectivity index (χ3v) is 2.25. The average molecular weight is 333 g/mol. The average Bonchev–Trinajstić information content (AvgIpc) is 2.28. The van der Waals surface area contributed by atoms with Gasteiger partial charge in [0.1, 0.15) is 0 Å². The third-order valence-electron chi connectivity index (χ3n) is 1.70. The summed E-state index contributed by atoms with van der Waals surface area (Å²) in [6.07, 6.45) is 4.86. The molecule has 0 heterocycles. The minimum absolute atomic E-state index is 0.813. The van der Waals surface area contributed by atoms with Crippen LogP contribution in [0.2, 0.25) is 0 Å². The van der Waals surface area contributed by atoms with Crippen molar-refractivity contribution in [1.82, 2.24) is 4.90 Å². The van der Waals surface area contributed by atoms with Crippen molar-refractivity contribution < 1.29 is 22.4 Å². The van der Waals surface area contributed by atoms with Crippen LogP contribution >= 0.6 is 11.8 Å². The van der Waals surface area contributed by atoms with Gasteiger partial charge in [-0.2, -0.15) is 5.75 Å². The first-order chi connectivity index (χ1) is 7.35. The molecule has 0 radical (unpaired) electrons. The van der Waals surface area contributed by atoms with Crippen molar-refractivity contribution in [2.45, 2.75) is 13.3 Å². The number of nitrogens with zero attached hydrogens (tertiary/aromatic N) is 2. The molecule has 0 saturated carbocycles. The van der Waals surface area contributed by atoms with E-state index in [0.29, 0.717) is 0 Å². The molecular weight excluding hydrogens is 314 g/mol. The standard InChI is InChI=1S/C9H20N2S2.O.Tc/c1-3-5-11(7-8-12)6-4-10-9-13-2;;/h12H,2-9H2,1H3;;/q-2;;+4/p-1. The third kappa shape index (κ3) is 15.1. The van der Waals surface area contributed by atoms with Gasteiger partial charge in [0, 0.05) is 0 Å².